The molecule has 1 aromatic rings. The molecule has 0 unspecified atom stereocenters. The van der Waals surface area contributed by atoms with Crippen LogP contribution in [0.5, 0.6) is 5.88 Å². The normalized spacial score (nSPS) is 10.5. The second kappa shape index (κ2) is 4.66. The predicted molar refractivity (Wildman–Crippen MR) is 39.5 cm³/mol. The fraction of sp³-hybridized carbons (Fsp3) is 0.429. The Labute approximate surface area is 73.2 Å². The number of ether oxygens (including phenoxy) is 1. The van der Waals surface area contributed by atoms with Crippen LogP contribution in [0.15, 0.2) is 12.1 Å². The van der Waals surface area contributed by atoms with E-state index in [0.717, 1.165) is 0 Å². The Balaban J connectivity index is 2.49. The van der Waals surface area contributed by atoms with Crippen LogP contribution in [-0.4, -0.2) is 28.3 Å². The second-order valence-electron chi connectivity index (χ2n) is 2.22. The average Bonchev–Trinajstić information content (AvgIpc) is 2.15. The Morgan fingerprint density at radius 1 is 1.38 bits per heavy atom. The zero-order chi connectivity index (χ0) is 9.68. The van der Waals surface area contributed by atoms with Gasteiger partial charge in [-0.25, -0.2) is 8.78 Å². The third-order valence-corrected chi connectivity index (χ3v) is 1.21. The molecule has 0 fully saturated rings. The van der Waals surface area contributed by atoms with E-state index in [2.05, 4.69) is 14.9 Å². The number of nitrogens with zero attached hydrogens (tertiary/aromatic N) is 2. The summed E-state index contributed by atoms with van der Waals surface area (Å²) in [6.07, 6.45) is -2.53. The van der Waals surface area contributed by atoms with Gasteiger partial charge in [0.15, 0.2) is 6.61 Å². The first kappa shape index (κ1) is 9.79. The lowest BCUT2D eigenvalue weighted by Crippen LogP contribution is -2.08. The van der Waals surface area contributed by atoms with E-state index in [4.69, 9.17) is 5.11 Å². The molecule has 13 heavy (non-hydrogen) atoms. The first-order valence-corrected chi connectivity index (χ1v) is 3.57. The van der Waals surface area contributed by atoms with Crippen LogP contribution in [0.1, 0.15) is 5.69 Å². The lowest BCUT2D eigenvalue weighted by Gasteiger charge is -2.02. The van der Waals surface area contributed by atoms with Gasteiger partial charge in [-0.05, 0) is 6.07 Å². The molecule has 0 aromatic carbocycles. The van der Waals surface area contributed by atoms with Crippen LogP contribution < -0.4 is 4.74 Å². The number of hydrogen-bond acceptors (Lipinski definition) is 4. The highest BCUT2D eigenvalue weighted by molar-refractivity contribution is 5.10. The monoisotopic (exact) mass is 190 g/mol. The van der Waals surface area contributed by atoms with Gasteiger partial charge in [-0.2, -0.15) is 0 Å². The maximum atomic E-state index is 11.7. The predicted octanol–water partition coefficient (Wildman–Crippen LogP) is 0.613. The molecule has 72 valence electrons. The van der Waals surface area contributed by atoms with Crippen molar-refractivity contribution in [3.8, 4) is 5.88 Å². The number of alkyl halides is 2. The molecule has 1 N–H and O–H groups in total. The van der Waals surface area contributed by atoms with Crippen LogP contribution in [0.2, 0.25) is 0 Å². The molecule has 6 heteroatoms. The summed E-state index contributed by atoms with van der Waals surface area (Å²) >= 11 is 0. The van der Waals surface area contributed by atoms with Crippen LogP contribution in [-0.2, 0) is 6.61 Å². The standard InChI is InChI=1S/C7H8F2N2O2/c8-6(9)4-13-7-2-1-5(3-12)10-11-7/h1-2,6,12H,3-4H2. The van der Waals surface area contributed by atoms with E-state index in [0.29, 0.717) is 5.69 Å². The SMILES string of the molecule is OCc1ccc(OCC(F)F)nn1. The van der Waals surface area contributed by atoms with Crippen molar-refractivity contribution in [1.29, 1.82) is 0 Å². The van der Waals surface area contributed by atoms with Gasteiger partial charge in [0.25, 0.3) is 6.43 Å². The Kier molecular flexibility index (Phi) is 3.51. The van der Waals surface area contributed by atoms with Crippen molar-refractivity contribution in [2.45, 2.75) is 13.0 Å². The van der Waals surface area contributed by atoms with Crippen molar-refractivity contribution in [3.63, 3.8) is 0 Å². The van der Waals surface area contributed by atoms with Gasteiger partial charge < -0.3 is 9.84 Å². The van der Waals surface area contributed by atoms with Gasteiger partial charge in [-0.3, -0.25) is 0 Å². The van der Waals surface area contributed by atoms with Gasteiger partial charge in [0.2, 0.25) is 5.88 Å². The zero-order valence-electron chi connectivity index (χ0n) is 6.65. The summed E-state index contributed by atoms with van der Waals surface area (Å²) < 4.78 is 27.9. The topological polar surface area (TPSA) is 55.2 Å². The summed E-state index contributed by atoms with van der Waals surface area (Å²) in [5.74, 6) is 0.0255. The highest BCUT2D eigenvalue weighted by atomic mass is 19.3. The number of aliphatic hydroxyl groups excluding tert-OH is 1. The molecule has 0 spiro atoms. The first-order valence-electron chi connectivity index (χ1n) is 3.57. The van der Waals surface area contributed by atoms with Crippen molar-refractivity contribution in [2.24, 2.45) is 0 Å². The van der Waals surface area contributed by atoms with Crippen molar-refractivity contribution in [2.75, 3.05) is 6.61 Å². The number of aromatic nitrogens is 2. The van der Waals surface area contributed by atoms with E-state index < -0.39 is 13.0 Å². The highest BCUT2D eigenvalue weighted by Crippen LogP contribution is 2.06. The Morgan fingerprint density at radius 2 is 2.15 bits per heavy atom. The van der Waals surface area contributed by atoms with Crippen LogP contribution >= 0.6 is 0 Å². The van der Waals surface area contributed by atoms with Gasteiger partial charge >= 0.3 is 0 Å². The maximum Gasteiger partial charge on any atom is 0.272 e. The average molecular weight is 190 g/mol. The Bertz CT molecular complexity index is 253. The van der Waals surface area contributed by atoms with Crippen molar-refractivity contribution in [3.05, 3.63) is 17.8 Å². The number of rotatable bonds is 4. The fourth-order valence-electron chi connectivity index (χ4n) is 0.657. The molecule has 0 atom stereocenters. The lowest BCUT2D eigenvalue weighted by molar-refractivity contribution is 0.0789. The zero-order valence-corrected chi connectivity index (χ0v) is 6.65. The number of hydrogen-bond donors (Lipinski definition) is 1. The fourth-order valence-corrected chi connectivity index (χ4v) is 0.657. The highest BCUT2D eigenvalue weighted by Gasteiger charge is 2.04. The molecule has 1 heterocycles. The van der Waals surface area contributed by atoms with Crippen LogP contribution in [0.4, 0.5) is 8.78 Å². The number of halogens is 2. The van der Waals surface area contributed by atoms with Crippen molar-refractivity contribution in [1.82, 2.24) is 10.2 Å². The minimum Gasteiger partial charge on any atom is -0.471 e. The summed E-state index contributed by atoms with van der Waals surface area (Å²) in [6.45, 7) is -0.935. The lowest BCUT2D eigenvalue weighted by atomic mass is 10.4. The van der Waals surface area contributed by atoms with E-state index in [1.54, 1.807) is 0 Å². The third-order valence-electron chi connectivity index (χ3n) is 1.21. The minimum atomic E-state index is -2.53. The largest absolute Gasteiger partial charge is 0.471 e. The van der Waals surface area contributed by atoms with Crippen LogP contribution in [0.25, 0.3) is 0 Å². The molecule has 4 nitrogen and oxygen atoms in total. The summed E-state index contributed by atoms with van der Waals surface area (Å²) in [4.78, 5) is 0. The van der Waals surface area contributed by atoms with Gasteiger partial charge in [-0.15, -0.1) is 10.2 Å². The first-order chi connectivity index (χ1) is 6.22. The summed E-state index contributed by atoms with van der Waals surface area (Å²) in [6, 6.07) is 2.83. The van der Waals surface area contributed by atoms with Gasteiger partial charge in [-0.1, -0.05) is 0 Å². The van der Waals surface area contributed by atoms with Gasteiger partial charge in [0, 0.05) is 6.07 Å². The molecule has 1 aromatic heterocycles. The van der Waals surface area contributed by atoms with Gasteiger partial charge in [0.1, 0.15) is 0 Å². The summed E-state index contributed by atoms with van der Waals surface area (Å²) in [5, 5.41) is 15.5. The summed E-state index contributed by atoms with van der Waals surface area (Å²) in [7, 11) is 0. The van der Waals surface area contributed by atoms with E-state index in [9.17, 15) is 8.78 Å². The van der Waals surface area contributed by atoms with Crippen molar-refractivity contribution < 1.29 is 18.6 Å². The van der Waals surface area contributed by atoms with E-state index in [1.807, 2.05) is 0 Å². The molecule has 1 rings (SSSR count). The smallest absolute Gasteiger partial charge is 0.272 e. The molecule has 0 bridgehead atoms. The van der Waals surface area contributed by atoms with E-state index >= 15 is 0 Å². The molecule has 0 aliphatic rings. The van der Waals surface area contributed by atoms with E-state index in [-0.39, 0.29) is 12.5 Å². The molecule has 0 radical (unpaired) electrons. The Morgan fingerprint density at radius 3 is 2.62 bits per heavy atom. The minimum absolute atomic E-state index is 0.0255. The molecule has 0 saturated carbocycles. The molecular weight excluding hydrogens is 182 g/mol. The molecule has 0 saturated heterocycles. The van der Waals surface area contributed by atoms with Crippen LogP contribution in [0.3, 0.4) is 0 Å². The quantitative estimate of drug-likeness (QED) is 0.755. The van der Waals surface area contributed by atoms with Crippen LogP contribution in [0, 0.1) is 0 Å². The molecular formula is C7H8F2N2O2. The third kappa shape index (κ3) is 3.29. The Hall–Kier alpha value is -1.30. The maximum absolute atomic E-state index is 11.7. The van der Waals surface area contributed by atoms with Crippen molar-refractivity contribution >= 4 is 0 Å². The van der Waals surface area contributed by atoms with E-state index in [1.165, 1.54) is 12.1 Å². The second-order valence-corrected chi connectivity index (χ2v) is 2.22. The van der Waals surface area contributed by atoms with Gasteiger partial charge in [0.05, 0.1) is 12.3 Å². The molecule has 0 aliphatic carbocycles. The molecule has 0 aliphatic heterocycles. The number of aliphatic hydroxyl groups is 1. The summed E-state index contributed by atoms with van der Waals surface area (Å²) in [5.41, 5.74) is 0.365. The molecule has 0 amide bonds.